The predicted octanol–water partition coefficient (Wildman–Crippen LogP) is 2.27. The van der Waals surface area contributed by atoms with Crippen LogP contribution in [0.15, 0.2) is 0 Å². The van der Waals surface area contributed by atoms with Gasteiger partial charge in [0, 0.05) is 12.1 Å². The highest BCUT2D eigenvalue weighted by atomic mass is 16.2. The molecule has 2 bridgehead atoms. The van der Waals surface area contributed by atoms with Crippen LogP contribution in [0.1, 0.15) is 45.4 Å². The fraction of sp³-hybridized carbons (Fsp3) is 0.923. The lowest BCUT2D eigenvalue weighted by Crippen LogP contribution is -2.45. The first-order valence-electron chi connectivity index (χ1n) is 6.79. The number of carbonyl (C=O) groups excluding carboxylic acids is 1. The van der Waals surface area contributed by atoms with Crippen LogP contribution in [0, 0.1) is 17.8 Å². The molecule has 16 heavy (non-hydrogen) atoms. The number of carbonyl (C=O) groups is 1. The van der Waals surface area contributed by atoms with E-state index >= 15 is 0 Å². The van der Waals surface area contributed by atoms with Gasteiger partial charge < -0.3 is 10.6 Å². The topological polar surface area (TPSA) is 41.1 Å². The van der Waals surface area contributed by atoms with E-state index in [2.05, 4.69) is 17.6 Å². The van der Waals surface area contributed by atoms with E-state index in [1.807, 2.05) is 0 Å². The Balaban J connectivity index is 1.48. The average Bonchev–Trinajstić information content (AvgIpc) is 2.81. The van der Waals surface area contributed by atoms with Gasteiger partial charge in [0.1, 0.15) is 0 Å². The van der Waals surface area contributed by atoms with Gasteiger partial charge in [0.05, 0.1) is 0 Å². The Bertz CT molecular complexity index is 288. The molecule has 4 atom stereocenters. The van der Waals surface area contributed by atoms with Gasteiger partial charge in [0.2, 0.25) is 0 Å². The maximum absolute atomic E-state index is 11.6. The van der Waals surface area contributed by atoms with Crippen LogP contribution in [-0.2, 0) is 0 Å². The number of urea groups is 1. The molecule has 3 fully saturated rings. The predicted molar refractivity (Wildman–Crippen MR) is 63.1 cm³/mol. The maximum Gasteiger partial charge on any atom is 0.315 e. The number of amides is 2. The summed E-state index contributed by atoms with van der Waals surface area (Å²) in [6.45, 7) is 2.18. The largest absolute Gasteiger partial charge is 0.335 e. The number of rotatable bonds is 3. The molecule has 0 aromatic rings. The second-order valence-electron chi connectivity index (χ2n) is 6.02. The Morgan fingerprint density at radius 3 is 2.56 bits per heavy atom. The fourth-order valence-corrected chi connectivity index (χ4v) is 3.67. The van der Waals surface area contributed by atoms with E-state index in [-0.39, 0.29) is 6.03 Å². The van der Waals surface area contributed by atoms with Crippen molar-refractivity contribution in [2.45, 2.75) is 57.5 Å². The van der Waals surface area contributed by atoms with Gasteiger partial charge in [0.25, 0.3) is 0 Å². The van der Waals surface area contributed by atoms with Gasteiger partial charge >= 0.3 is 6.03 Å². The number of hydrogen-bond donors (Lipinski definition) is 2. The highest BCUT2D eigenvalue weighted by Crippen LogP contribution is 2.49. The SMILES string of the molecule is CC(NC(=O)NC1CC1)C1CC2CCC1C2. The molecule has 3 nitrogen and oxygen atoms in total. The summed E-state index contributed by atoms with van der Waals surface area (Å²) in [6, 6.07) is 0.874. The molecule has 0 spiro atoms. The van der Waals surface area contributed by atoms with Crippen molar-refractivity contribution in [1.29, 1.82) is 0 Å². The molecule has 0 radical (unpaired) electrons. The molecule has 2 amide bonds. The van der Waals surface area contributed by atoms with E-state index in [9.17, 15) is 4.79 Å². The van der Waals surface area contributed by atoms with Gasteiger partial charge in [-0.2, -0.15) is 0 Å². The summed E-state index contributed by atoms with van der Waals surface area (Å²) in [6.07, 6.45) is 7.91. The average molecular weight is 222 g/mol. The monoisotopic (exact) mass is 222 g/mol. The minimum absolute atomic E-state index is 0.0535. The molecule has 90 valence electrons. The van der Waals surface area contributed by atoms with Crippen molar-refractivity contribution in [3.63, 3.8) is 0 Å². The van der Waals surface area contributed by atoms with E-state index < -0.39 is 0 Å². The van der Waals surface area contributed by atoms with Crippen molar-refractivity contribution in [2.24, 2.45) is 17.8 Å². The van der Waals surface area contributed by atoms with Gasteiger partial charge in [0.15, 0.2) is 0 Å². The molecule has 0 saturated heterocycles. The summed E-state index contributed by atoms with van der Waals surface area (Å²) in [4.78, 5) is 11.6. The van der Waals surface area contributed by atoms with Crippen LogP contribution in [0.2, 0.25) is 0 Å². The third-order valence-corrected chi connectivity index (χ3v) is 4.71. The summed E-state index contributed by atoms with van der Waals surface area (Å²) in [5.74, 6) is 2.59. The van der Waals surface area contributed by atoms with Crippen LogP contribution in [0.25, 0.3) is 0 Å². The molecule has 3 saturated carbocycles. The zero-order valence-corrected chi connectivity index (χ0v) is 10.0. The number of hydrogen-bond acceptors (Lipinski definition) is 1. The zero-order chi connectivity index (χ0) is 11.1. The van der Waals surface area contributed by atoms with Crippen LogP contribution in [0.3, 0.4) is 0 Å². The second kappa shape index (κ2) is 3.94. The molecule has 3 heteroatoms. The van der Waals surface area contributed by atoms with Crippen molar-refractivity contribution in [3.05, 3.63) is 0 Å². The Morgan fingerprint density at radius 2 is 2.00 bits per heavy atom. The lowest BCUT2D eigenvalue weighted by molar-refractivity contribution is 0.220. The van der Waals surface area contributed by atoms with Crippen LogP contribution in [0.5, 0.6) is 0 Å². The van der Waals surface area contributed by atoms with E-state index in [0.717, 1.165) is 30.6 Å². The van der Waals surface area contributed by atoms with Crippen LogP contribution in [-0.4, -0.2) is 18.1 Å². The van der Waals surface area contributed by atoms with Crippen molar-refractivity contribution >= 4 is 6.03 Å². The van der Waals surface area contributed by atoms with Gasteiger partial charge in [-0.3, -0.25) is 0 Å². The highest BCUT2D eigenvalue weighted by Gasteiger charge is 2.42. The molecule has 0 heterocycles. The Hall–Kier alpha value is -0.730. The van der Waals surface area contributed by atoms with Crippen LogP contribution in [0.4, 0.5) is 4.79 Å². The van der Waals surface area contributed by atoms with Gasteiger partial charge in [-0.05, 0) is 56.8 Å². The van der Waals surface area contributed by atoms with Crippen LogP contribution < -0.4 is 10.6 Å². The Morgan fingerprint density at radius 1 is 1.19 bits per heavy atom. The van der Waals surface area contributed by atoms with Gasteiger partial charge in [-0.25, -0.2) is 4.79 Å². The molecule has 2 N–H and O–H groups in total. The summed E-state index contributed by atoms with van der Waals surface area (Å²) < 4.78 is 0. The summed E-state index contributed by atoms with van der Waals surface area (Å²) in [7, 11) is 0. The van der Waals surface area contributed by atoms with E-state index in [1.54, 1.807) is 0 Å². The van der Waals surface area contributed by atoms with Crippen molar-refractivity contribution in [1.82, 2.24) is 10.6 Å². The van der Waals surface area contributed by atoms with E-state index in [0.29, 0.717) is 12.1 Å². The lowest BCUT2D eigenvalue weighted by Gasteiger charge is -2.28. The van der Waals surface area contributed by atoms with Gasteiger partial charge in [-0.1, -0.05) is 6.42 Å². The number of nitrogens with one attached hydrogen (secondary N) is 2. The van der Waals surface area contributed by atoms with E-state index in [4.69, 9.17) is 0 Å². The highest BCUT2D eigenvalue weighted by molar-refractivity contribution is 5.74. The molecule has 0 aromatic carbocycles. The normalized spacial score (nSPS) is 38.4. The molecule has 4 unspecified atom stereocenters. The van der Waals surface area contributed by atoms with Crippen molar-refractivity contribution in [3.8, 4) is 0 Å². The Labute approximate surface area is 97.4 Å². The third kappa shape index (κ3) is 2.04. The van der Waals surface area contributed by atoms with Gasteiger partial charge in [-0.15, -0.1) is 0 Å². The van der Waals surface area contributed by atoms with Crippen LogP contribution >= 0.6 is 0 Å². The van der Waals surface area contributed by atoms with E-state index in [1.165, 1.54) is 25.7 Å². The molecule has 0 aromatic heterocycles. The Kier molecular flexibility index (Phi) is 2.56. The summed E-state index contributed by atoms with van der Waals surface area (Å²) >= 11 is 0. The second-order valence-corrected chi connectivity index (χ2v) is 6.02. The first-order valence-corrected chi connectivity index (χ1v) is 6.79. The first-order chi connectivity index (χ1) is 7.72. The summed E-state index contributed by atoms with van der Waals surface area (Å²) in [5.41, 5.74) is 0. The molecular weight excluding hydrogens is 200 g/mol. The standard InChI is InChI=1S/C13H22N2O/c1-8(14-13(16)15-11-4-5-11)12-7-9-2-3-10(12)6-9/h8-12H,2-7H2,1H3,(H2,14,15,16). The quantitative estimate of drug-likeness (QED) is 0.755. The number of fused-ring (bicyclic) bond motifs is 2. The lowest BCUT2D eigenvalue weighted by atomic mass is 9.84. The molecule has 3 aliphatic carbocycles. The minimum Gasteiger partial charge on any atom is -0.335 e. The first kappa shape index (κ1) is 10.4. The smallest absolute Gasteiger partial charge is 0.315 e. The molecule has 3 rings (SSSR count). The van der Waals surface area contributed by atoms with Crippen molar-refractivity contribution < 1.29 is 4.79 Å². The molecule has 3 aliphatic rings. The third-order valence-electron chi connectivity index (χ3n) is 4.71. The zero-order valence-electron chi connectivity index (χ0n) is 10.0. The minimum atomic E-state index is 0.0535. The maximum atomic E-state index is 11.6. The summed E-state index contributed by atoms with van der Waals surface area (Å²) in [5, 5.41) is 6.13. The fourth-order valence-electron chi connectivity index (χ4n) is 3.67. The molecule has 0 aliphatic heterocycles. The molecular formula is C13H22N2O. The van der Waals surface area contributed by atoms with Crippen molar-refractivity contribution in [2.75, 3.05) is 0 Å².